The third kappa shape index (κ3) is 2.43. The van der Waals surface area contributed by atoms with E-state index in [2.05, 4.69) is 0 Å². The molecule has 0 fully saturated rings. The lowest BCUT2D eigenvalue weighted by Gasteiger charge is -2.33. The Labute approximate surface area is 81.7 Å². The number of nitrogens with zero attached hydrogens (tertiary/aromatic N) is 1. The minimum absolute atomic E-state index is 0.141. The molecule has 0 saturated heterocycles. The predicted molar refractivity (Wildman–Crippen MR) is 47.1 cm³/mol. The van der Waals surface area contributed by atoms with Crippen molar-refractivity contribution in [1.29, 1.82) is 0 Å². The van der Waals surface area contributed by atoms with E-state index in [0.717, 1.165) is 0 Å². The van der Waals surface area contributed by atoms with Crippen molar-refractivity contribution in [3.05, 3.63) is 0 Å². The molecule has 0 aromatic carbocycles. The summed E-state index contributed by atoms with van der Waals surface area (Å²) in [6.45, 7) is 2.47. The summed E-state index contributed by atoms with van der Waals surface area (Å²) in [5.41, 5.74) is -1.50. The second kappa shape index (κ2) is 4.92. The Hall–Kier alpha value is -1.14. The molecule has 6 heteroatoms. The van der Waals surface area contributed by atoms with Crippen LogP contribution in [-0.4, -0.2) is 44.5 Å². The SMILES string of the molecule is CCC(CC)(C(=O)O)N(O)CC(=O)O. The van der Waals surface area contributed by atoms with Gasteiger partial charge in [0.1, 0.15) is 12.1 Å². The van der Waals surface area contributed by atoms with Gasteiger partial charge in [-0.25, -0.2) is 0 Å². The van der Waals surface area contributed by atoms with E-state index < -0.39 is 24.0 Å². The van der Waals surface area contributed by atoms with E-state index in [0.29, 0.717) is 5.06 Å². The average molecular weight is 205 g/mol. The lowest BCUT2D eigenvalue weighted by molar-refractivity contribution is -0.203. The zero-order valence-corrected chi connectivity index (χ0v) is 8.23. The van der Waals surface area contributed by atoms with Crippen molar-refractivity contribution >= 4 is 11.9 Å². The number of carboxylic acids is 2. The summed E-state index contributed by atoms with van der Waals surface area (Å²) in [6, 6.07) is 0. The van der Waals surface area contributed by atoms with Crippen molar-refractivity contribution in [2.75, 3.05) is 6.54 Å². The van der Waals surface area contributed by atoms with Crippen LogP contribution in [0.2, 0.25) is 0 Å². The van der Waals surface area contributed by atoms with Crippen LogP contribution in [0.5, 0.6) is 0 Å². The summed E-state index contributed by atoms with van der Waals surface area (Å²) < 4.78 is 0. The molecule has 0 aliphatic carbocycles. The normalized spacial score (nSPS) is 11.7. The Kier molecular flexibility index (Phi) is 4.52. The van der Waals surface area contributed by atoms with Gasteiger partial charge < -0.3 is 15.4 Å². The summed E-state index contributed by atoms with van der Waals surface area (Å²) in [5, 5.41) is 27.1. The molecule has 0 heterocycles. The fourth-order valence-electron chi connectivity index (χ4n) is 1.31. The van der Waals surface area contributed by atoms with Gasteiger partial charge >= 0.3 is 11.9 Å². The highest BCUT2D eigenvalue weighted by molar-refractivity contribution is 5.79. The molecule has 0 aliphatic rings. The number of hydrogen-bond donors (Lipinski definition) is 3. The molecule has 82 valence electrons. The molecule has 0 aromatic rings. The molecular weight excluding hydrogens is 190 g/mol. The molecule has 0 aliphatic heterocycles. The lowest BCUT2D eigenvalue weighted by atomic mass is 9.92. The van der Waals surface area contributed by atoms with E-state index in [1.807, 2.05) is 0 Å². The second-order valence-corrected chi connectivity index (χ2v) is 3.00. The van der Waals surface area contributed by atoms with Crippen molar-refractivity contribution in [2.24, 2.45) is 0 Å². The number of carbonyl (C=O) groups is 2. The van der Waals surface area contributed by atoms with Crippen LogP contribution >= 0.6 is 0 Å². The highest BCUT2D eigenvalue weighted by Crippen LogP contribution is 2.22. The predicted octanol–water partition coefficient (Wildman–Crippen LogP) is 0.406. The Morgan fingerprint density at radius 1 is 1.21 bits per heavy atom. The smallest absolute Gasteiger partial charge is 0.326 e. The molecule has 0 rings (SSSR count). The van der Waals surface area contributed by atoms with Crippen molar-refractivity contribution in [1.82, 2.24) is 5.06 Å². The summed E-state index contributed by atoms with van der Waals surface area (Å²) >= 11 is 0. The van der Waals surface area contributed by atoms with E-state index in [4.69, 9.17) is 10.2 Å². The lowest BCUT2D eigenvalue weighted by Crippen LogP contribution is -2.54. The summed E-state index contributed by atoms with van der Waals surface area (Å²) in [4.78, 5) is 21.2. The first-order valence-electron chi connectivity index (χ1n) is 4.32. The van der Waals surface area contributed by atoms with Crippen LogP contribution in [0.1, 0.15) is 26.7 Å². The largest absolute Gasteiger partial charge is 0.480 e. The van der Waals surface area contributed by atoms with Gasteiger partial charge in [-0.3, -0.25) is 9.59 Å². The maximum Gasteiger partial charge on any atom is 0.326 e. The maximum absolute atomic E-state index is 10.9. The first kappa shape index (κ1) is 12.9. The van der Waals surface area contributed by atoms with E-state index in [1.54, 1.807) is 13.8 Å². The topological polar surface area (TPSA) is 98.1 Å². The molecule has 0 spiro atoms. The fraction of sp³-hybridized carbons (Fsp3) is 0.750. The molecule has 3 N–H and O–H groups in total. The number of carboxylic acid groups (broad SMARTS) is 2. The number of aliphatic carboxylic acids is 2. The first-order valence-corrected chi connectivity index (χ1v) is 4.32. The average Bonchev–Trinajstić information content (AvgIpc) is 2.05. The van der Waals surface area contributed by atoms with E-state index in [9.17, 15) is 14.8 Å². The van der Waals surface area contributed by atoms with Gasteiger partial charge in [0.05, 0.1) is 0 Å². The molecule has 14 heavy (non-hydrogen) atoms. The highest BCUT2D eigenvalue weighted by Gasteiger charge is 2.41. The number of hydrogen-bond acceptors (Lipinski definition) is 4. The first-order chi connectivity index (χ1) is 6.40. The van der Waals surface area contributed by atoms with Gasteiger partial charge in [-0.05, 0) is 12.8 Å². The van der Waals surface area contributed by atoms with Gasteiger partial charge in [0.25, 0.3) is 0 Å². The number of hydroxylamine groups is 2. The summed E-state index contributed by atoms with van der Waals surface area (Å²) in [6.07, 6.45) is 0.283. The molecular formula is C8H15NO5. The molecule has 0 aromatic heterocycles. The van der Waals surface area contributed by atoms with Crippen LogP contribution in [0.3, 0.4) is 0 Å². The van der Waals surface area contributed by atoms with E-state index in [1.165, 1.54) is 0 Å². The van der Waals surface area contributed by atoms with E-state index >= 15 is 0 Å². The van der Waals surface area contributed by atoms with Gasteiger partial charge in [-0.1, -0.05) is 13.8 Å². The molecule has 0 atom stereocenters. The van der Waals surface area contributed by atoms with E-state index in [-0.39, 0.29) is 12.8 Å². The quantitative estimate of drug-likeness (QED) is 0.543. The summed E-state index contributed by atoms with van der Waals surface area (Å²) in [5.74, 6) is -2.48. The van der Waals surface area contributed by atoms with Crippen LogP contribution in [0.15, 0.2) is 0 Å². The maximum atomic E-state index is 10.9. The van der Waals surface area contributed by atoms with Crippen molar-refractivity contribution in [3.63, 3.8) is 0 Å². The fourth-order valence-corrected chi connectivity index (χ4v) is 1.31. The van der Waals surface area contributed by atoms with Crippen LogP contribution in [-0.2, 0) is 9.59 Å². The van der Waals surface area contributed by atoms with Crippen molar-refractivity contribution in [2.45, 2.75) is 32.2 Å². The third-order valence-corrected chi connectivity index (χ3v) is 2.35. The Morgan fingerprint density at radius 2 is 1.64 bits per heavy atom. The minimum Gasteiger partial charge on any atom is -0.480 e. The number of rotatable bonds is 6. The van der Waals surface area contributed by atoms with Crippen molar-refractivity contribution in [3.8, 4) is 0 Å². The van der Waals surface area contributed by atoms with Gasteiger partial charge in [0, 0.05) is 0 Å². The molecule has 0 unspecified atom stereocenters. The Balaban J connectivity index is 4.79. The van der Waals surface area contributed by atoms with Crippen LogP contribution < -0.4 is 0 Å². The Morgan fingerprint density at radius 3 is 1.86 bits per heavy atom. The molecule has 0 amide bonds. The van der Waals surface area contributed by atoms with Crippen LogP contribution in [0.4, 0.5) is 0 Å². The minimum atomic E-state index is -1.50. The zero-order chi connectivity index (χ0) is 11.4. The monoisotopic (exact) mass is 205 g/mol. The van der Waals surface area contributed by atoms with Gasteiger partial charge in [0.15, 0.2) is 0 Å². The molecule has 0 saturated carbocycles. The summed E-state index contributed by atoms with van der Waals surface area (Å²) in [7, 11) is 0. The zero-order valence-electron chi connectivity index (χ0n) is 8.23. The Bertz CT molecular complexity index is 224. The van der Waals surface area contributed by atoms with Crippen LogP contribution in [0.25, 0.3) is 0 Å². The van der Waals surface area contributed by atoms with Gasteiger partial charge in [0.2, 0.25) is 0 Å². The van der Waals surface area contributed by atoms with Crippen LogP contribution in [0, 0.1) is 0 Å². The molecule has 6 nitrogen and oxygen atoms in total. The molecule has 0 radical (unpaired) electrons. The highest BCUT2D eigenvalue weighted by atomic mass is 16.5. The third-order valence-electron chi connectivity index (χ3n) is 2.35. The second-order valence-electron chi connectivity index (χ2n) is 3.00. The van der Waals surface area contributed by atoms with Gasteiger partial charge in [-0.2, -0.15) is 5.06 Å². The van der Waals surface area contributed by atoms with Gasteiger partial charge in [-0.15, -0.1) is 0 Å². The molecule has 0 bridgehead atoms. The standard InChI is InChI=1S/C8H15NO5/c1-3-8(4-2,7(12)13)9(14)5-6(10)11/h14H,3-5H2,1-2H3,(H,10,11)(H,12,13). The van der Waals surface area contributed by atoms with Crippen molar-refractivity contribution < 1.29 is 25.0 Å².